The summed E-state index contributed by atoms with van der Waals surface area (Å²) in [6, 6.07) is 9.64. The number of esters is 1. The highest BCUT2D eigenvalue weighted by Crippen LogP contribution is 1.98. The van der Waals surface area contributed by atoms with Gasteiger partial charge >= 0.3 is 5.97 Å². The minimum absolute atomic E-state index is 0.664. The van der Waals surface area contributed by atoms with Crippen LogP contribution in [0.1, 0.15) is 5.56 Å². The van der Waals surface area contributed by atoms with Gasteiger partial charge in [-0.05, 0) is 17.7 Å². The Morgan fingerprint density at radius 1 is 1.28 bits per heavy atom. The van der Waals surface area contributed by atoms with Gasteiger partial charge in [-0.3, -0.25) is 0 Å². The first kappa shape index (κ1) is 15.7. The molecule has 1 unspecified atom stereocenters. The SMILES string of the molecule is C=CC(=O)OC(O)C=C.OC=Cc1ccccc1. The lowest BCUT2D eigenvalue weighted by Gasteiger charge is -2.02. The zero-order valence-electron chi connectivity index (χ0n) is 9.90. The van der Waals surface area contributed by atoms with E-state index in [-0.39, 0.29) is 0 Å². The Morgan fingerprint density at radius 2 is 1.89 bits per heavy atom. The third-order valence-electron chi connectivity index (χ3n) is 1.67. The quantitative estimate of drug-likeness (QED) is 0.282. The fourth-order valence-electron chi connectivity index (χ4n) is 0.865. The predicted molar refractivity (Wildman–Crippen MR) is 70.6 cm³/mol. The van der Waals surface area contributed by atoms with E-state index in [1.54, 1.807) is 6.08 Å². The van der Waals surface area contributed by atoms with E-state index >= 15 is 0 Å². The molecule has 1 rings (SSSR count). The second kappa shape index (κ2) is 9.86. The van der Waals surface area contributed by atoms with Crippen molar-refractivity contribution in [3.63, 3.8) is 0 Å². The zero-order chi connectivity index (χ0) is 13.8. The number of carbonyl (C=O) groups excluding carboxylic acids is 1. The van der Waals surface area contributed by atoms with Gasteiger partial charge in [0.15, 0.2) is 0 Å². The van der Waals surface area contributed by atoms with Crippen LogP contribution in [0.3, 0.4) is 0 Å². The number of ether oxygens (including phenoxy) is 1. The van der Waals surface area contributed by atoms with Gasteiger partial charge in [0.2, 0.25) is 6.29 Å². The molecule has 1 atom stereocenters. The summed E-state index contributed by atoms with van der Waals surface area (Å²) in [7, 11) is 0. The monoisotopic (exact) mass is 248 g/mol. The maximum Gasteiger partial charge on any atom is 0.332 e. The van der Waals surface area contributed by atoms with E-state index in [1.165, 1.54) is 0 Å². The summed E-state index contributed by atoms with van der Waals surface area (Å²) in [4.78, 5) is 10.2. The van der Waals surface area contributed by atoms with E-state index < -0.39 is 12.3 Å². The molecule has 0 bridgehead atoms. The van der Waals surface area contributed by atoms with Gasteiger partial charge in [0, 0.05) is 6.08 Å². The number of carbonyl (C=O) groups is 1. The molecule has 4 heteroatoms. The Balaban J connectivity index is 0.000000321. The molecule has 0 saturated carbocycles. The van der Waals surface area contributed by atoms with E-state index in [2.05, 4.69) is 17.9 Å². The third kappa shape index (κ3) is 7.90. The number of rotatable bonds is 4. The number of benzene rings is 1. The van der Waals surface area contributed by atoms with Crippen LogP contribution >= 0.6 is 0 Å². The molecule has 4 nitrogen and oxygen atoms in total. The summed E-state index contributed by atoms with van der Waals surface area (Å²) >= 11 is 0. The van der Waals surface area contributed by atoms with Gasteiger partial charge in [-0.1, -0.05) is 43.5 Å². The van der Waals surface area contributed by atoms with E-state index in [9.17, 15) is 4.79 Å². The average molecular weight is 248 g/mol. The Kier molecular flexibility index (Phi) is 8.59. The van der Waals surface area contributed by atoms with Gasteiger partial charge in [0.1, 0.15) is 0 Å². The largest absolute Gasteiger partial charge is 0.516 e. The normalized spacial score (nSPS) is 10.9. The van der Waals surface area contributed by atoms with Gasteiger partial charge < -0.3 is 14.9 Å². The summed E-state index contributed by atoms with van der Waals surface area (Å²) in [5, 5.41) is 16.9. The van der Waals surface area contributed by atoms with Gasteiger partial charge in [-0.25, -0.2) is 4.79 Å². The molecule has 0 aliphatic rings. The maximum absolute atomic E-state index is 10.2. The standard InChI is InChI=1S/C8H8O.C6H8O3/c9-7-6-8-4-2-1-3-5-8;1-3-5(7)9-6(8)4-2/h1-7,9H;3-5,7H,1-2H2. The second-order valence-electron chi connectivity index (χ2n) is 2.99. The van der Waals surface area contributed by atoms with Gasteiger partial charge in [0.05, 0.1) is 6.26 Å². The molecule has 0 aliphatic carbocycles. The third-order valence-corrected chi connectivity index (χ3v) is 1.67. The molecule has 1 aromatic rings. The van der Waals surface area contributed by atoms with Crippen molar-refractivity contribution >= 4 is 12.0 Å². The highest BCUT2D eigenvalue weighted by Gasteiger charge is 2.00. The lowest BCUT2D eigenvalue weighted by molar-refractivity contribution is -0.154. The van der Waals surface area contributed by atoms with E-state index in [0.29, 0.717) is 0 Å². The van der Waals surface area contributed by atoms with Crippen LogP contribution < -0.4 is 0 Å². The first-order valence-electron chi connectivity index (χ1n) is 5.13. The number of hydrogen-bond acceptors (Lipinski definition) is 4. The summed E-state index contributed by atoms with van der Waals surface area (Å²) in [6.45, 7) is 6.31. The molecule has 18 heavy (non-hydrogen) atoms. The van der Waals surface area contributed by atoms with Crippen molar-refractivity contribution in [3.8, 4) is 0 Å². The van der Waals surface area contributed by atoms with Crippen LogP contribution in [0.4, 0.5) is 0 Å². The van der Waals surface area contributed by atoms with E-state index in [0.717, 1.165) is 24.0 Å². The Morgan fingerprint density at radius 3 is 2.33 bits per heavy atom. The maximum atomic E-state index is 10.2. The molecule has 96 valence electrons. The van der Waals surface area contributed by atoms with Crippen molar-refractivity contribution in [2.45, 2.75) is 6.29 Å². The summed E-state index contributed by atoms with van der Waals surface area (Å²) in [5.74, 6) is -0.664. The molecular formula is C14H16O4. The fourth-order valence-corrected chi connectivity index (χ4v) is 0.865. The van der Waals surface area contributed by atoms with Crippen LogP contribution in [0.25, 0.3) is 6.08 Å². The van der Waals surface area contributed by atoms with E-state index in [4.69, 9.17) is 10.2 Å². The molecule has 0 amide bonds. The number of aliphatic hydroxyl groups is 2. The van der Waals surface area contributed by atoms with Crippen LogP contribution in [-0.2, 0) is 9.53 Å². The van der Waals surface area contributed by atoms with Crippen LogP contribution in [0.15, 0.2) is 61.9 Å². The molecule has 0 radical (unpaired) electrons. The van der Waals surface area contributed by atoms with Crippen molar-refractivity contribution in [3.05, 3.63) is 67.5 Å². The predicted octanol–water partition coefficient (Wildman–Crippen LogP) is 2.44. The lowest BCUT2D eigenvalue weighted by atomic mass is 10.2. The van der Waals surface area contributed by atoms with Crippen molar-refractivity contribution in [1.82, 2.24) is 0 Å². The fraction of sp³-hybridized carbons (Fsp3) is 0.0714. The van der Waals surface area contributed by atoms with Crippen molar-refractivity contribution in [1.29, 1.82) is 0 Å². The topological polar surface area (TPSA) is 66.8 Å². The molecule has 2 N–H and O–H groups in total. The van der Waals surface area contributed by atoms with Gasteiger partial charge in [-0.15, -0.1) is 0 Å². The minimum Gasteiger partial charge on any atom is -0.516 e. The molecule has 0 fully saturated rings. The highest BCUT2D eigenvalue weighted by atomic mass is 16.6. The average Bonchev–Trinajstić information content (AvgIpc) is 2.40. The molecule has 0 heterocycles. The summed E-state index contributed by atoms with van der Waals surface area (Å²) < 4.78 is 4.23. The Labute approximate surface area is 106 Å². The summed E-state index contributed by atoms with van der Waals surface area (Å²) in [5.41, 5.74) is 1.01. The Hall–Kier alpha value is -2.33. The zero-order valence-corrected chi connectivity index (χ0v) is 9.90. The minimum atomic E-state index is -1.23. The van der Waals surface area contributed by atoms with Crippen molar-refractivity contribution in [2.75, 3.05) is 0 Å². The Bertz CT molecular complexity index is 396. The van der Waals surface area contributed by atoms with Crippen LogP contribution in [0, 0.1) is 0 Å². The van der Waals surface area contributed by atoms with Gasteiger partial charge in [-0.2, -0.15) is 0 Å². The molecule has 0 aromatic heterocycles. The molecular weight excluding hydrogens is 232 g/mol. The summed E-state index contributed by atoms with van der Waals surface area (Å²) in [6.07, 6.45) is 3.51. The number of aliphatic hydroxyl groups excluding tert-OH is 2. The van der Waals surface area contributed by atoms with Gasteiger partial charge in [0.25, 0.3) is 0 Å². The van der Waals surface area contributed by atoms with Crippen molar-refractivity contribution in [2.24, 2.45) is 0 Å². The molecule has 0 aliphatic heterocycles. The highest BCUT2D eigenvalue weighted by molar-refractivity contribution is 5.81. The van der Waals surface area contributed by atoms with E-state index in [1.807, 2.05) is 30.3 Å². The van der Waals surface area contributed by atoms with Crippen LogP contribution in [0.5, 0.6) is 0 Å². The van der Waals surface area contributed by atoms with Crippen LogP contribution in [0.2, 0.25) is 0 Å². The molecule has 0 saturated heterocycles. The lowest BCUT2D eigenvalue weighted by Crippen LogP contribution is -2.12. The van der Waals surface area contributed by atoms with Crippen LogP contribution in [-0.4, -0.2) is 22.5 Å². The first-order chi connectivity index (χ1) is 8.63. The first-order valence-corrected chi connectivity index (χ1v) is 5.13. The van der Waals surface area contributed by atoms with Crippen molar-refractivity contribution < 1.29 is 19.7 Å². The smallest absolute Gasteiger partial charge is 0.332 e. The molecule has 0 spiro atoms. The number of hydrogen-bond donors (Lipinski definition) is 2. The second-order valence-corrected chi connectivity index (χ2v) is 2.99. The molecule has 1 aromatic carbocycles.